The van der Waals surface area contributed by atoms with E-state index in [1.165, 1.54) is 0 Å². The molecule has 0 aromatic heterocycles. The van der Waals surface area contributed by atoms with Gasteiger partial charge in [-0.15, -0.1) is 0 Å². The number of carbonyl (C=O) groups excluding carboxylic acids is 1. The molecule has 0 saturated carbocycles. The van der Waals surface area contributed by atoms with Gasteiger partial charge < -0.3 is 0 Å². The zero-order valence-corrected chi connectivity index (χ0v) is 12.3. The molecule has 0 aromatic carbocycles. The van der Waals surface area contributed by atoms with E-state index >= 15 is 0 Å². The van der Waals surface area contributed by atoms with Crippen molar-refractivity contribution in [1.29, 1.82) is 0 Å². The van der Waals surface area contributed by atoms with Crippen LogP contribution in [-0.2, 0) is 4.79 Å². The Kier molecular flexibility index (Phi) is 6.01. The molecule has 0 amide bonds. The average molecular weight is 444 g/mol. The second-order valence-corrected chi connectivity index (χ2v) is 5.21. The summed E-state index contributed by atoms with van der Waals surface area (Å²) in [7, 11) is 0. The molecule has 0 N–H and O–H groups in total. The quantitative estimate of drug-likeness (QED) is 0.521. The Labute approximate surface area is 136 Å². The van der Waals surface area contributed by atoms with Crippen molar-refractivity contribution in [3.63, 3.8) is 0 Å². The smallest absolute Gasteiger partial charge is 0.280 e. The number of alkyl halides is 15. The maximum atomic E-state index is 13.1. The van der Waals surface area contributed by atoms with Crippen molar-refractivity contribution in [2.24, 2.45) is 0 Å². The van der Waals surface area contributed by atoms with Crippen LogP contribution >= 0.6 is 11.8 Å². The highest BCUT2D eigenvalue weighted by atomic mass is 32.2. The van der Waals surface area contributed by atoms with Gasteiger partial charge >= 0.3 is 41.7 Å². The lowest BCUT2D eigenvalue weighted by molar-refractivity contribution is -0.449. The Hall–Kier alpha value is -1.03. The fourth-order valence-corrected chi connectivity index (χ4v) is 1.61. The van der Waals surface area contributed by atoms with Crippen molar-refractivity contribution in [3.8, 4) is 0 Å². The third kappa shape index (κ3) is 2.98. The molecule has 0 aliphatic rings. The molecule has 0 aromatic rings. The first-order chi connectivity index (χ1) is 11.0. The van der Waals surface area contributed by atoms with Gasteiger partial charge in [-0.25, -0.2) is 0 Å². The minimum atomic E-state index is -8.37. The molecular weight excluding hydrogens is 441 g/mol. The molecule has 0 bridgehead atoms. The normalized spacial score (nSPS) is 16.0. The van der Waals surface area contributed by atoms with Gasteiger partial charge in [0.05, 0.1) is 0 Å². The van der Waals surface area contributed by atoms with Crippen LogP contribution in [0.15, 0.2) is 0 Å². The van der Waals surface area contributed by atoms with Crippen LogP contribution in [-0.4, -0.2) is 53.1 Å². The highest BCUT2D eigenvalue weighted by Crippen LogP contribution is 2.62. The molecule has 17 heteroatoms. The molecule has 0 aliphatic heterocycles. The van der Waals surface area contributed by atoms with Gasteiger partial charge in [-0.3, -0.25) is 4.79 Å². The fraction of sp³-hybridized carbons (Fsp3) is 0.889. The summed E-state index contributed by atoms with van der Waals surface area (Å²) in [6.07, 6.45) is -7.40. The van der Waals surface area contributed by atoms with Crippen LogP contribution in [0.2, 0.25) is 0 Å². The van der Waals surface area contributed by atoms with Crippen molar-refractivity contribution in [1.82, 2.24) is 0 Å². The Morgan fingerprint density at radius 2 is 0.808 bits per heavy atom. The third-order valence-corrected chi connectivity index (χ3v) is 3.40. The maximum Gasteiger partial charge on any atom is 0.460 e. The summed E-state index contributed by atoms with van der Waals surface area (Å²) in [6, 6.07) is 0. The molecule has 1 nitrogen and oxygen atoms in total. The minimum Gasteiger partial charge on any atom is -0.280 e. The standard InChI is InChI=1S/C9H3F15OS/c1-26-2(25)3(10,11)4(12,13)5(14,15)6(16,17)7(18,19)8(20,21)9(22,23)24/h1H3. The Morgan fingerprint density at radius 1 is 0.538 bits per heavy atom. The number of hydrogen-bond donors (Lipinski definition) is 0. The lowest BCUT2D eigenvalue weighted by Gasteiger charge is -2.41. The molecule has 0 heterocycles. The van der Waals surface area contributed by atoms with Crippen molar-refractivity contribution in [3.05, 3.63) is 0 Å². The van der Waals surface area contributed by atoms with Gasteiger partial charge in [-0.2, -0.15) is 65.9 Å². The van der Waals surface area contributed by atoms with E-state index in [2.05, 4.69) is 0 Å². The first-order valence-electron chi connectivity index (χ1n) is 5.40. The summed E-state index contributed by atoms with van der Waals surface area (Å²) >= 11 is -0.960. The monoisotopic (exact) mass is 444 g/mol. The Morgan fingerprint density at radius 3 is 1.08 bits per heavy atom. The first-order valence-corrected chi connectivity index (χ1v) is 6.63. The Bertz CT molecular complexity index is 548. The van der Waals surface area contributed by atoms with Crippen molar-refractivity contribution in [2.75, 3.05) is 6.26 Å². The van der Waals surface area contributed by atoms with Crippen molar-refractivity contribution in [2.45, 2.75) is 41.7 Å². The molecule has 0 atom stereocenters. The number of rotatable bonds is 6. The third-order valence-electron chi connectivity index (χ3n) is 2.77. The molecule has 0 rings (SSSR count). The second-order valence-electron chi connectivity index (χ2n) is 4.44. The zero-order valence-electron chi connectivity index (χ0n) is 11.5. The van der Waals surface area contributed by atoms with Gasteiger partial charge in [0, 0.05) is 0 Å². The summed E-state index contributed by atoms with van der Waals surface area (Å²) in [5, 5.41) is -3.27. The highest BCUT2D eigenvalue weighted by molar-refractivity contribution is 8.13. The number of halogens is 15. The van der Waals surface area contributed by atoms with Crippen molar-refractivity contribution >= 4 is 16.9 Å². The van der Waals surface area contributed by atoms with E-state index in [0.29, 0.717) is 0 Å². The van der Waals surface area contributed by atoms with Crippen LogP contribution in [0.1, 0.15) is 0 Å². The molecule has 0 fully saturated rings. The predicted octanol–water partition coefficient (Wildman–Crippen LogP) is 5.25. The predicted molar refractivity (Wildman–Crippen MR) is 54.3 cm³/mol. The highest BCUT2D eigenvalue weighted by Gasteiger charge is 2.93. The average Bonchev–Trinajstić information content (AvgIpc) is 2.43. The van der Waals surface area contributed by atoms with Crippen LogP contribution < -0.4 is 0 Å². The van der Waals surface area contributed by atoms with E-state index in [0.717, 1.165) is 0 Å². The van der Waals surface area contributed by atoms with E-state index in [1.54, 1.807) is 0 Å². The van der Waals surface area contributed by atoms with Gasteiger partial charge in [0.15, 0.2) is 0 Å². The molecule has 26 heavy (non-hydrogen) atoms. The largest absolute Gasteiger partial charge is 0.460 e. The van der Waals surface area contributed by atoms with Gasteiger partial charge in [-0.05, 0) is 6.26 Å². The lowest BCUT2D eigenvalue weighted by atomic mass is 9.91. The van der Waals surface area contributed by atoms with Gasteiger partial charge in [0.2, 0.25) is 0 Å². The van der Waals surface area contributed by atoms with Crippen LogP contribution in [0.5, 0.6) is 0 Å². The van der Waals surface area contributed by atoms with E-state index in [9.17, 15) is 70.7 Å². The summed E-state index contributed by atoms with van der Waals surface area (Å²) in [4.78, 5) is 10.5. The molecule has 156 valence electrons. The van der Waals surface area contributed by atoms with Gasteiger partial charge in [-0.1, -0.05) is 11.8 Å². The SMILES string of the molecule is CSC(=O)C(F)(F)C(F)(F)C(F)(F)C(F)(F)C(F)(F)C(F)(F)C(F)(F)F. The summed E-state index contributed by atoms with van der Waals surface area (Å²) in [5.74, 6) is -47.5. The summed E-state index contributed by atoms with van der Waals surface area (Å²) < 4.78 is 190. The Balaban J connectivity index is 6.56. The summed E-state index contributed by atoms with van der Waals surface area (Å²) in [6.45, 7) is 0. The maximum absolute atomic E-state index is 13.1. The molecule has 0 unspecified atom stereocenters. The zero-order chi connectivity index (χ0) is 21.8. The van der Waals surface area contributed by atoms with E-state index < -0.39 is 58.6 Å². The van der Waals surface area contributed by atoms with E-state index in [4.69, 9.17) is 0 Å². The molecule has 0 saturated heterocycles. The van der Waals surface area contributed by atoms with Crippen LogP contribution in [0.3, 0.4) is 0 Å². The molecule has 0 aliphatic carbocycles. The van der Waals surface area contributed by atoms with Crippen molar-refractivity contribution < 1.29 is 70.7 Å². The van der Waals surface area contributed by atoms with E-state index in [1.807, 2.05) is 0 Å². The van der Waals surface area contributed by atoms with E-state index in [-0.39, 0.29) is 6.26 Å². The second kappa shape index (κ2) is 6.25. The fourth-order valence-electron chi connectivity index (χ4n) is 1.22. The van der Waals surface area contributed by atoms with Gasteiger partial charge in [0.1, 0.15) is 0 Å². The van der Waals surface area contributed by atoms with Crippen LogP contribution in [0.25, 0.3) is 0 Å². The number of hydrogen-bond acceptors (Lipinski definition) is 2. The summed E-state index contributed by atoms with van der Waals surface area (Å²) in [5.41, 5.74) is 0. The lowest BCUT2D eigenvalue weighted by Crippen LogP contribution is -2.73. The number of carbonyl (C=O) groups is 1. The molecular formula is C9H3F15OS. The molecule has 0 spiro atoms. The first kappa shape index (κ1) is 25.0. The topological polar surface area (TPSA) is 17.1 Å². The van der Waals surface area contributed by atoms with Gasteiger partial charge in [0.25, 0.3) is 5.12 Å². The van der Waals surface area contributed by atoms with Crippen LogP contribution in [0.4, 0.5) is 65.9 Å². The minimum absolute atomic E-state index is 0.245. The molecule has 0 radical (unpaired) electrons. The van der Waals surface area contributed by atoms with Crippen LogP contribution in [0, 0.1) is 0 Å². The number of thioether (sulfide) groups is 1.